The van der Waals surface area contributed by atoms with Crippen LogP contribution in [0.4, 0.5) is 0 Å². The Hall–Kier alpha value is 0.540. The summed E-state index contributed by atoms with van der Waals surface area (Å²) in [7, 11) is 1.52. The van der Waals surface area contributed by atoms with Crippen LogP contribution < -0.4 is 0 Å². The Morgan fingerprint density at radius 2 is 2.14 bits per heavy atom. The first kappa shape index (κ1) is 7.54. The number of methoxy groups -OCH3 is 1. The van der Waals surface area contributed by atoms with Crippen LogP contribution in [0.15, 0.2) is 0 Å². The summed E-state index contributed by atoms with van der Waals surface area (Å²) in [6.45, 7) is 1.71. The van der Waals surface area contributed by atoms with Crippen LogP contribution in [0.3, 0.4) is 0 Å². The topological polar surface area (TPSA) is 9.23 Å². The van der Waals surface area contributed by atoms with Gasteiger partial charge in [0.1, 0.15) is 0 Å². The summed E-state index contributed by atoms with van der Waals surface area (Å²) in [6.07, 6.45) is 0. The maximum absolute atomic E-state index is 5.55. The monoisotopic (exact) mass is 142 g/mol. The zero-order valence-corrected chi connectivity index (χ0v) is 5.88. The Labute approximate surface area is 53.6 Å². The van der Waals surface area contributed by atoms with Crippen molar-refractivity contribution in [2.75, 3.05) is 13.0 Å². The lowest BCUT2D eigenvalue weighted by Gasteiger charge is -2.14. The van der Waals surface area contributed by atoms with Crippen LogP contribution in [0.2, 0.25) is 0 Å². The van der Waals surface area contributed by atoms with Gasteiger partial charge in [0.05, 0.1) is 5.88 Å². The largest absolute Gasteiger partial charge is 0.362 e. The predicted molar refractivity (Wildman–Crippen MR) is 32.0 cm³/mol. The van der Waals surface area contributed by atoms with E-state index in [1.54, 1.807) is 6.92 Å². The first-order valence-corrected chi connectivity index (χ1v) is 2.83. The molecule has 0 fully saturated rings. The van der Waals surface area contributed by atoms with E-state index in [2.05, 4.69) is 0 Å². The molecule has 0 aliphatic heterocycles. The van der Waals surface area contributed by atoms with Crippen molar-refractivity contribution in [1.82, 2.24) is 0 Å². The number of alkyl halides is 2. The minimum absolute atomic E-state index is 0.311. The van der Waals surface area contributed by atoms with Crippen LogP contribution in [0.5, 0.6) is 0 Å². The molecular formula is C4H8Cl2O. The molecule has 1 atom stereocenters. The normalized spacial score (nSPS) is 18.9. The highest BCUT2D eigenvalue weighted by Crippen LogP contribution is 2.15. The predicted octanol–water partition coefficient (Wildman–Crippen LogP) is 1.83. The maximum Gasteiger partial charge on any atom is 0.152 e. The molecule has 7 heavy (non-hydrogen) atoms. The van der Waals surface area contributed by atoms with E-state index in [0.717, 1.165) is 0 Å². The average molecular weight is 143 g/mol. The molecule has 0 bridgehead atoms. The third kappa shape index (κ3) is 3.15. The molecule has 0 saturated heterocycles. The quantitative estimate of drug-likeness (QED) is 0.535. The van der Waals surface area contributed by atoms with E-state index in [9.17, 15) is 0 Å². The van der Waals surface area contributed by atoms with E-state index in [0.29, 0.717) is 5.88 Å². The van der Waals surface area contributed by atoms with Gasteiger partial charge in [-0.15, -0.1) is 11.6 Å². The van der Waals surface area contributed by atoms with E-state index in [1.807, 2.05) is 0 Å². The number of ether oxygens (including phenoxy) is 1. The van der Waals surface area contributed by atoms with Gasteiger partial charge in [0.15, 0.2) is 5.06 Å². The molecule has 0 heterocycles. The fourth-order valence-corrected chi connectivity index (χ4v) is 0.164. The van der Waals surface area contributed by atoms with E-state index in [1.165, 1.54) is 7.11 Å². The summed E-state index contributed by atoms with van der Waals surface area (Å²) in [5.41, 5.74) is 0. The van der Waals surface area contributed by atoms with Gasteiger partial charge < -0.3 is 4.74 Å². The van der Waals surface area contributed by atoms with Gasteiger partial charge in [-0.25, -0.2) is 0 Å². The number of hydrogen-bond acceptors (Lipinski definition) is 1. The number of halogens is 2. The van der Waals surface area contributed by atoms with Gasteiger partial charge in [-0.1, -0.05) is 11.6 Å². The molecule has 0 aliphatic rings. The molecule has 0 aliphatic carbocycles. The fourth-order valence-electron chi connectivity index (χ4n) is 0.0546. The standard InChI is InChI=1S/C4H8Cl2O/c1-4(6,3-5)7-2/h3H2,1-2H3. The molecule has 0 aromatic carbocycles. The van der Waals surface area contributed by atoms with Crippen molar-refractivity contribution < 1.29 is 4.74 Å². The molecule has 0 radical (unpaired) electrons. The second kappa shape index (κ2) is 2.75. The molecule has 0 aromatic heterocycles. The highest BCUT2D eigenvalue weighted by molar-refractivity contribution is 6.29. The molecule has 0 amide bonds. The van der Waals surface area contributed by atoms with E-state index in [4.69, 9.17) is 27.9 Å². The summed E-state index contributed by atoms with van der Waals surface area (Å²) in [5, 5.41) is -0.679. The Balaban J connectivity index is 3.36. The fraction of sp³-hybridized carbons (Fsp3) is 1.00. The molecule has 44 valence electrons. The van der Waals surface area contributed by atoms with Crippen molar-refractivity contribution in [1.29, 1.82) is 0 Å². The van der Waals surface area contributed by atoms with Crippen LogP contribution in [0.1, 0.15) is 6.92 Å². The molecule has 0 aromatic rings. The first-order chi connectivity index (χ1) is 3.12. The van der Waals surface area contributed by atoms with E-state index in [-0.39, 0.29) is 0 Å². The van der Waals surface area contributed by atoms with Crippen LogP contribution in [-0.4, -0.2) is 18.1 Å². The zero-order valence-electron chi connectivity index (χ0n) is 4.37. The number of hydrogen-bond donors (Lipinski definition) is 0. The Kier molecular flexibility index (Phi) is 2.96. The second-order valence-electron chi connectivity index (χ2n) is 1.44. The van der Waals surface area contributed by atoms with Crippen LogP contribution in [0, 0.1) is 0 Å². The molecule has 0 saturated carbocycles. The van der Waals surface area contributed by atoms with Crippen molar-refractivity contribution >= 4 is 23.2 Å². The summed E-state index contributed by atoms with van der Waals surface area (Å²) in [4.78, 5) is 0. The van der Waals surface area contributed by atoms with Crippen molar-refractivity contribution in [3.05, 3.63) is 0 Å². The van der Waals surface area contributed by atoms with E-state index >= 15 is 0 Å². The lowest BCUT2D eigenvalue weighted by atomic mass is 10.5. The van der Waals surface area contributed by atoms with Crippen molar-refractivity contribution in [3.8, 4) is 0 Å². The van der Waals surface area contributed by atoms with Crippen LogP contribution in [0.25, 0.3) is 0 Å². The smallest absolute Gasteiger partial charge is 0.152 e. The molecule has 1 unspecified atom stereocenters. The van der Waals surface area contributed by atoms with Crippen LogP contribution >= 0.6 is 23.2 Å². The minimum Gasteiger partial charge on any atom is -0.362 e. The lowest BCUT2D eigenvalue weighted by molar-refractivity contribution is 0.0993. The molecule has 1 nitrogen and oxygen atoms in total. The molecule has 0 spiro atoms. The van der Waals surface area contributed by atoms with Gasteiger partial charge in [-0.05, 0) is 6.92 Å². The molecule has 0 rings (SSSR count). The average Bonchev–Trinajstić information content (AvgIpc) is 1.68. The Morgan fingerprint density at radius 3 is 2.14 bits per heavy atom. The van der Waals surface area contributed by atoms with Gasteiger partial charge in [-0.2, -0.15) is 0 Å². The lowest BCUT2D eigenvalue weighted by Crippen LogP contribution is -2.20. The highest BCUT2D eigenvalue weighted by Gasteiger charge is 2.16. The van der Waals surface area contributed by atoms with Crippen molar-refractivity contribution in [2.45, 2.75) is 12.0 Å². The van der Waals surface area contributed by atoms with Gasteiger partial charge in [0, 0.05) is 7.11 Å². The Morgan fingerprint density at radius 1 is 1.71 bits per heavy atom. The second-order valence-corrected chi connectivity index (χ2v) is 2.51. The SMILES string of the molecule is COC(C)(Cl)CCl. The highest BCUT2D eigenvalue weighted by atomic mass is 35.5. The van der Waals surface area contributed by atoms with Crippen molar-refractivity contribution in [2.24, 2.45) is 0 Å². The first-order valence-electron chi connectivity index (χ1n) is 1.92. The summed E-state index contributed by atoms with van der Waals surface area (Å²) in [5.74, 6) is 0.311. The zero-order chi connectivity index (χ0) is 5.91. The van der Waals surface area contributed by atoms with Gasteiger partial charge >= 0.3 is 0 Å². The van der Waals surface area contributed by atoms with Gasteiger partial charge in [0.2, 0.25) is 0 Å². The van der Waals surface area contributed by atoms with Crippen molar-refractivity contribution in [3.63, 3.8) is 0 Å². The Bertz CT molecular complexity index is 47.7. The van der Waals surface area contributed by atoms with Gasteiger partial charge in [-0.3, -0.25) is 0 Å². The molecular weight excluding hydrogens is 135 g/mol. The van der Waals surface area contributed by atoms with Gasteiger partial charge in [0.25, 0.3) is 0 Å². The van der Waals surface area contributed by atoms with Crippen LogP contribution in [-0.2, 0) is 4.74 Å². The minimum atomic E-state index is -0.679. The summed E-state index contributed by atoms with van der Waals surface area (Å²) in [6, 6.07) is 0. The summed E-state index contributed by atoms with van der Waals surface area (Å²) < 4.78 is 4.72. The summed E-state index contributed by atoms with van der Waals surface area (Å²) >= 11 is 10.9. The third-order valence-corrected chi connectivity index (χ3v) is 1.60. The van der Waals surface area contributed by atoms with E-state index < -0.39 is 5.06 Å². The third-order valence-electron chi connectivity index (χ3n) is 0.664. The number of rotatable bonds is 2. The molecule has 3 heteroatoms. The molecule has 0 N–H and O–H groups in total. The maximum atomic E-state index is 5.55.